The van der Waals surface area contributed by atoms with Crippen molar-refractivity contribution in [1.82, 2.24) is 4.98 Å². The quantitative estimate of drug-likeness (QED) is 0.606. The molecule has 5 heteroatoms. The molecule has 0 fully saturated rings. The van der Waals surface area contributed by atoms with E-state index >= 15 is 0 Å². The number of hydrogen-bond donors (Lipinski definition) is 1. The van der Waals surface area contributed by atoms with Crippen molar-refractivity contribution >= 4 is 17.0 Å². The third-order valence-corrected chi connectivity index (χ3v) is 2.05. The highest BCUT2D eigenvalue weighted by Gasteiger charge is 2.02. The fraction of sp³-hybridized carbons (Fsp3) is 0. The number of aromatic amines is 1. The molecular formula is C10H7FN2O2. The van der Waals surface area contributed by atoms with E-state index in [2.05, 4.69) is 4.98 Å². The van der Waals surface area contributed by atoms with E-state index in [-0.39, 0.29) is 5.82 Å². The number of halogens is 1. The van der Waals surface area contributed by atoms with Gasteiger partial charge in [0.1, 0.15) is 5.82 Å². The second kappa shape index (κ2) is 3.53. The number of nitro groups is 1. The lowest BCUT2D eigenvalue weighted by Crippen LogP contribution is -1.81. The molecule has 1 aromatic carbocycles. The summed E-state index contributed by atoms with van der Waals surface area (Å²) in [5.41, 5.74) is 1.35. The average molecular weight is 206 g/mol. The van der Waals surface area contributed by atoms with Crippen LogP contribution in [0, 0.1) is 15.9 Å². The molecule has 1 aromatic heterocycles. The van der Waals surface area contributed by atoms with Gasteiger partial charge in [0, 0.05) is 28.7 Å². The molecule has 2 rings (SSSR count). The van der Waals surface area contributed by atoms with Crippen LogP contribution in [0.1, 0.15) is 5.56 Å². The zero-order chi connectivity index (χ0) is 10.8. The van der Waals surface area contributed by atoms with Crippen molar-refractivity contribution < 1.29 is 9.31 Å². The zero-order valence-electron chi connectivity index (χ0n) is 7.61. The van der Waals surface area contributed by atoms with Gasteiger partial charge in [0.25, 0.3) is 0 Å². The van der Waals surface area contributed by atoms with Crippen LogP contribution in [-0.2, 0) is 0 Å². The van der Waals surface area contributed by atoms with Crippen LogP contribution in [0.15, 0.2) is 30.6 Å². The van der Waals surface area contributed by atoms with E-state index < -0.39 is 4.92 Å². The monoisotopic (exact) mass is 206 g/mol. The summed E-state index contributed by atoms with van der Waals surface area (Å²) in [4.78, 5) is 12.5. The summed E-state index contributed by atoms with van der Waals surface area (Å²) in [5, 5.41) is 10.8. The molecule has 1 heterocycles. The number of hydrogen-bond acceptors (Lipinski definition) is 2. The lowest BCUT2D eigenvalue weighted by atomic mass is 10.2. The van der Waals surface area contributed by atoms with Crippen molar-refractivity contribution in [2.24, 2.45) is 0 Å². The third kappa shape index (κ3) is 1.85. The van der Waals surface area contributed by atoms with Crippen LogP contribution in [0.5, 0.6) is 0 Å². The number of H-pyrrole nitrogens is 1. The molecule has 2 aromatic rings. The van der Waals surface area contributed by atoms with Gasteiger partial charge in [-0.25, -0.2) is 4.39 Å². The first kappa shape index (κ1) is 9.39. The summed E-state index contributed by atoms with van der Waals surface area (Å²) in [5.74, 6) is -0.363. The van der Waals surface area contributed by atoms with Crippen molar-refractivity contribution in [1.29, 1.82) is 0 Å². The molecule has 0 aliphatic carbocycles. The van der Waals surface area contributed by atoms with Crippen LogP contribution in [-0.4, -0.2) is 9.91 Å². The van der Waals surface area contributed by atoms with Crippen molar-refractivity contribution in [3.8, 4) is 0 Å². The zero-order valence-corrected chi connectivity index (χ0v) is 7.61. The Morgan fingerprint density at radius 1 is 1.47 bits per heavy atom. The van der Waals surface area contributed by atoms with Gasteiger partial charge in [0.05, 0.1) is 4.92 Å². The van der Waals surface area contributed by atoms with Crippen molar-refractivity contribution in [2.45, 2.75) is 0 Å². The minimum absolute atomic E-state index is 0.363. The number of rotatable bonds is 2. The maximum absolute atomic E-state index is 12.9. The van der Waals surface area contributed by atoms with Crippen LogP contribution in [0.3, 0.4) is 0 Å². The number of benzene rings is 1. The van der Waals surface area contributed by atoms with Crippen LogP contribution in [0.25, 0.3) is 17.0 Å². The highest BCUT2D eigenvalue weighted by molar-refractivity contribution is 5.88. The first-order valence-electron chi connectivity index (χ1n) is 4.25. The molecule has 0 unspecified atom stereocenters. The van der Waals surface area contributed by atoms with Crippen LogP contribution in [0.2, 0.25) is 0 Å². The predicted octanol–water partition coefficient (Wildman–Crippen LogP) is 2.55. The summed E-state index contributed by atoms with van der Waals surface area (Å²) in [6, 6.07) is 4.26. The van der Waals surface area contributed by atoms with Gasteiger partial charge in [-0.15, -0.1) is 0 Å². The lowest BCUT2D eigenvalue weighted by Gasteiger charge is -1.91. The van der Waals surface area contributed by atoms with Crippen molar-refractivity contribution in [3.63, 3.8) is 0 Å². The average Bonchev–Trinajstić information content (AvgIpc) is 2.57. The maximum atomic E-state index is 12.9. The van der Waals surface area contributed by atoms with Gasteiger partial charge >= 0.3 is 0 Å². The fourth-order valence-corrected chi connectivity index (χ4v) is 1.39. The normalized spacial score (nSPS) is 11.3. The highest BCUT2D eigenvalue weighted by Crippen LogP contribution is 2.20. The van der Waals surface area contributed by atoms with Gasteiger partial charge in [-0.05, 0) is 18.2 Å². The van der Waals surface area contributed by atoms with E-state index in [0.717, 1.165) is 11.7 Å². The first-order valence-corrected chi connectivity index (χ1v) is 4.25. The van der Waals surface area contributed by atoms with E-state index in [1.165, 1.54) is 18.2 Å². The number of fused-ring (bicyclic) bond motifs is 1. The van der Waals surface area contributed by atoms with Gasteiger partial charge in [0.2, 0.25) is 6.20 Å². The Kier molecular flexibility index (Phi) is 2.21. The third-order valence-electron chi connectivity index (χ3n) is 2.05. The molecule has 4 nitrogen and oxygen atoms in total. The molecule has 0 spiro atoms. The highest BCUT2D eigenvalue weighted by atomic mass is 19.1. The minimum atomic E-state index is -0.557. The minimum Gasteiger partial charge on any atom is -0.361 e. The molecule has 0 amide bonds. The lowest BCUT2D eigenvalue weighted by molar-refractivity contribution is -0.400. The van der Waals surface area contributed by atoms with Gasteiger partial charge in [-0.2, -0.15) is 0 Å². The molecular weight excluding hydrogens is 199 g/mol. The Labute approximate surface area is 84.2 Å². The van der Waals surface area contributed by atoms with Crippen molar-refractivity contribution in [3.05, 3.63) is 52.1 Å². The summed E-state index contributed by atoms with van der Waals surface area (Å²) >= 11 is 0. The number of nitrogens with one attached hydrogen (secondary N) is 1. The number of aromatic nitrogens is 1. The number of nitrogens with zero attached hydrogens (tertiary/aromatic N) is 1. The second-order valence-corrected chi connectivity index (χ2v) is 3.04. The predicted molar refractivity (Wildman–Crippen MR) is 54.3 cm³/mol. The largest absolute Gasteiger partial charge is 0.361 e. The Morgan fingerprint density at radius 3 is 3.00 bits per heavy atom. The molecule has 0 aliphatic heterocycles. The Hall–Kier alpha value is -2.17. The standard InChI is InChI=1S/C10H7FN2O2/c11-8-1-2-10-9(5-8)7(6-12-10)3-4-13(14)15/h1-6,12H/b4-3-. The fourth-order valence-electron chi connectivity index (χ4n) is 1.39. The Morgan fingerprint density at radius 2 is 2.27 bits per heavy atom. The van der Waals surface area contributed by atoms with Gasteiger partial charge in [-0.3, -0.25) is 10.1 Å². The first-order chi connectivity index (χ1) is 7.16. The van der Waals surface area contributed by atoms with E-state index in [4.69, 9.17) is 0 Å². The van der Waals surface area contributed by atoms with E-state index in [0.29, 0.717) is 10.9 Å². The van der Waals surface area contributed by atoms with Gasteiger partial charge < -0.3 is 4.98 Å². The van der Waals surface area contributed by atoms with Gasteiger partial charge in [0.15, 0.2) is 0 Å². The van der Waals surface area contributed by atoms with Crippen LogP contribution < -0.4 is 0 Å². The van der Waals surface area contributed by atoms with E-state index in [9.17, 15) is 14.5 Å². The molecule has 0 saturated heterocycles. The van der Waals surface area contributed by atoms with E-state index in [1.807, 2.05) is 0 Å². The maximum Gasteiger partial charge on any atom is 0.235 e. The topological polar surface area (TPSA) is 58.9 Å². The summed E-state index contributed by atoms with van der Waals surface area (Å²) in [6.45, 7) is 0. The molecule has 15 heavy (non-hydrogen) atoms. The summed E-state index contributed by atoms with van der Waals surface area (Å²) < 4.78 is 12.9. The molecule has 76 valence electrons. The van der Waals surface area contributed by atoms with E-state index in [1.54, 1.807) is 12.3 Å². The SMILES string of the molecule is O=[N+]([O-])/C=C\c1c[nH]c2ccc(F)cc12. The Balaban J connectivity index is 2.52. The van der Waals surface area contributed by atoms with Crippen LogP contribution >= 0.6 is 0 Å². The van der Waals surface area contributed by atoms with Gasteiger partial charge in [-0.1, -0.05) is 0 Å². The molecule has 0 radical (unpaired) electrons. The molecule has 0 atom stereocenters. The molecule has 0 aliphatic rings. The summed E-state index contributed by atoms with van der Waals surface area (Å²) in [7, 11) is 0. The molecule has 0 bridgehead atoms. The second-order valence-electron chi connectivity index (χ2n) is 3.04. The van der Waals surface area contributed by atoms with Crippen molar-refractivity contribution in [2.75, 3.05) is 0 Å². The summed E-state index contributed by atoms with van der Waals surface area (Å²) in [6.07, 6.45) is 3.76. The molecule has 0 saturated carbocycles. The molecule has 1 N–H and O–H groups in total. The smallest absolute Gasteiger partial charge is 0.235 e. The Bertz CT molecular complexity index is 545. The van der Waals surface area contributed by atoms with Crippen LogP contribution in [0.4, 0.5) is 4.39 Å².